The Hall–Kier alpha value is -3.83. The summed E-state index contributed by atoms with van der Waals surface area (Å²) in [5.41, 5.74) is -0.0969. The van der Waals surface area contributed by atoms with Crippen LogP contribution >= 0.6 is 0 Å². The van der Waals surface area contributed by atoms with E-state index in [2.05, 4.69) is 21.3 Å². The number of likely N-dealkylation sites (tertiary alicyclic amines) is 1. The number of ether oxygens (including phenoxy) is 2. The molecule has 12 heteroatoms. The van der Waals surface area contributed by atoms with Gasteiger partial charge >= 0.3 is 18.1 Å². The molecule has 41 heavy (non-hydrogen) atoms. The van der Waals surface area contributed by atoms with Gasteiger partial charge in [0.1, 0.15) is 23.7 Å². The standard InChI is InChI=1S/C29H45N5O7/c1-19(2)23(25(36)34-18-12-16-22(34)26(37)40-6)33-24(35)21(32-28(39)41-29(3,4)5)15-10-11-17-30-27(38)31-20-13-8-7-9-14-20/h7-9,13-14,19,21-23H,10-12,15-18H2,1-6H3,(H,32,39)(H,33,35)(H2,30,31,38)/t21-,22-,23-/m0/s1. The Bertz CT molecular complexity index is 1040. The zero-order chi connectivity index (χ0) is 30.6. The highest BCUT2D eigenvalue weighted by Gasteiger charge is 2.40. The number of hydrogen-bond donors (Lipinski definition) is 4. The largest absolute Gasteiger partial charge is 0.467 e. The number of carbonyl (C=O) groups is 5. The van der Waals surface area contributed by atoms with Gasteiger partial charge in [-0.25, -0.2) is 14.4 Å². The van der Waals surface area contributed by atoms with Crippen LogP contribution in [0.15, 0.2) is 30.3 Å². The fourth-order valence-electron chi connectivity index (χ4n) is 4.45. The second-order valence-electron chi connectivity index (χ2n) is 11.4. The molecule has 0 radical (unpaired) electrons. The van der Waals surface area contributed by atoms with Crippen LogP contribution < -0.4 is 21.3 Å². The van der Waals surface area contributed by atoms with Gasteiger partial charge in [-0.05, 0) is 70.9 Å². The van der Waals surface area contributed by atoms with Crippen LogP contribution in [-0.2, 0) is 23.9 Å². The number of hydrogen-bond acceptors (Lipinski definition) is 7. The topological polar surface area (TPSA) is 155 Å². The predicted molar refractivity (Wildman–Crippen MR) is 154 cm³/mol. The molecule has 228 valence electrons. The smallest absolute Gasteiger partial charge is 0.408 e. The fraction of sp³-hybridized carbons (Fsp3) is 0.621. The number of benzene rings is 1. The zero-order valence-electron chi connectivity index (χ0n) is 25.0. The first-order chi connectivity index (χ1) is 19.3. The van der Waals surface area contributed by atoms with Gasteiger partial charge in [0.25, 0.3) is 0 Å². The number of carbonyl (C=O) groups excluding carboxylic acids is 5. The number of nitrogens with one attached hydrogen (secondary N) is 4. The summed E-state index contributed by atoms with van der Waals surface area (Å²) < 4.78 is 10.2. The molecule has 2 rings (SSSR count). The highest BCUT2D eigenvalue weighted by molar-refractivity contribution is 5.93. The molecule has 1 heterocycles. The molecule has 1 saturated heterocycles. The number of methoxy groups -OCH3 is 1. The van der Waals surface area contributed by atoms with E-state index in [1.54, 1.807) is 46.8 Å². The van der Waals surface area contributed by atoms with Crippen molar-refractivity contribution in [2.75, 3.05) is 25.5 Å². The van der Waals surface area contributed by atoms with Gasteiger partial charge in [0.05, 0.1) is 7.11 Å². The lowest BCUT2D eigenvalue weighted by atomic mass is 10.0. The van der Waals surface area contributed by atoms with Crippen LogP contribution in [-0.4, -0.2) is 78.7 Å². The number of unbranched alkanes of at least 4 members (excludes halogenated alkanes) is 1. The van der Waals surface area contributed by atoms with Crippen molar-refractivity contribution in [2.24, 2.45) is 5.92 Å². The van der Waals surface area contributed by atoms with Gasteiger partial charge in [-0.3, -0.25) is 9.59 Å². The van der Waals surface area contributed by atoms with Crippen molar-refractivity contribution in [3.05, 3.63) is 30.3 Å². The normalized spacial score (nSPS) is 16.4. The van der Waals surface area contributed by atoms with E-state index >= 15 is 0 Å². The Morgan fingerprint density at radius 3 is 2.32 bits per heavy atom. The first kappa shape index (κ1) is 33.4. The van der Waals surface area contributed by atoms with Crippen molar-refractivity contribution in [1.82, 2.24) is 20.9 Å². The van der Waals surface area contributed by atoms with Crippen LogP contribution in [0.4, 0.5) is 15.3 Å². The third-order valence-electron chi connectivity index (χ3n) is 6.48. The average Bonchev–Trinajstić information content (AvgIpc) is 3.39. The van der Waals surface area contributed by atoms with Gasteiger partial charge in [0, 0.05) is 18.8 Å². The molecule has 12 nitrogen and oxygen atoms in total. The first-order valence-electron chi connectivity index (χ1n) is 14.1. The summed E-state index contributed by atoms with van der Waals surface area (Å²) in [6.07, 6.45) is 1.69. The molecular formula is C29H45N5O7. The van der Waals surface area contributed by atoms with Gasteiger partial charge in [0.2, 0.25) is 11.8 Å². The Balaban J connectivity index is 2.01. The number of alkyl carbamates (subject to hydrolysis) is 1. The molecule has 0 spiro atoms. The lowest BCUT2D eigenvalue weighted by Gasteiger charge is -2.31. The highest BCUT2D eigenvalue weighted by Crippen LogP contribution is 2.21. The van der Waals surface area contributed by atoms with Gasteiger partial charge in [-0.15, -0.1) is 0 Å². The van der Waals surface area contributed by atoms with Gasteiger partial charge in [-0.2, -0.15) is 0 Å². The number of rotatable bonds is 12. The number of esters is 1. The Labute approximate surface area is 242 Å². The van der Waals surface area contributed by atoms with Crippen LogP contribution in [0.1, 0.15) is 66.7 Å². The van der Waals surface area contributed by atoms with Crippen molar-refractivity contribution in [3.63, 3.8) is 0 Å². The van der Waals surface area contributed by atoms with Crippen LogP contribution in [0.3, 0.4) is 0 Å². The third kappa shape index (κ3) is 11.3. The monoisotopic (exact) mass is 575 g/mol. The van der Waals surface area contributed by atoms with E-state index in [0.717, 1.165) is 0 Å². The molecule has 0 bridgehead atoms. The average molecular weight is 576 g/mol. The summed E-state index contributed by atoms with van der Waals surface area (Å²) in [7, 11) is 1.28. The number of amides is 5. The first-order valence-corrected chi connectivity index (χ1v) is 14.1. The lowest BCUT2D eigenvalue weighted by molar-refractivity contribution is -0.152. The zero-order valence-corrected chi connectivity index (χ0v) is 25.0. The second kappa shape index (κ2) is 15.8. The number of para-hydroxylation sites is 1. The van der Waals surface area contributed by atoms with Crippen molar-refractivity contribution in [3.8, 4) is 0 Å². The van der Waals surface area contributed by atoms with Crippen molar-refractivity contribution in [2.45, 2.75) is 90.4 Å². The molecule has 1 aromatic carbocycles. The van der Waals surface area contributed by atoms with Gasteiger partial charge < -0.3 is 35.6 Å². The summed E-state index contributed by atoms with van der Waals surface area (Å²) in [5.74, 6) is -1.67. The lowest BCUT2D eigenvalue weighted by Crippen LogP contribution is -2.57. The van der Waals surface area contributed by atoms with Crippen LogP contribution in [0.25, 0.3) is 0 Å². The number of urea groups is 1. The van der Waals surface area contributed by atoms with Crippen molar-refractivity contribution < 1.29 is 33.4 Å². The summed E-state index contributed by atoms with van der Waals surface area (Å²) >= 11 is 0. The molecule has 0 saturated carbocycles. The van der Waals surface area contributed by atoms with Crippen LogP contribution in [0.2, 0.25) is 0 Å². The van der Waals surface area contributed by atoms with Crippen molar-refractivity contribution in [1.29, 1.82) is 0 Å². The molecule has 3 atom stereocenters. The quantitative estimate of drug-likeness (QED) is 0.220. The second-order valence-corrected chi connectivity index (χ2v) is 11.4. The summed E-state index contributed by atoms with van der Waals surface area (Å²) in [4.78, 5) is 65.1. The minimum Gasteiger partial charge on any atom is -0.467 e. The summed E-state index contributed by atoms with van der Waals surface area (Å²) in [5, 5.41) is 10.9. The van der Waals surface area contributed by atoms with E-state index in [9.17, 15) is 24.0 Å². The SMILES string of the molecule is COC(=O)[C@@H]1CCCN1C(=O)[C@@H](NC(=O)[C@H](CCCCNC(=O)Nc1ccccc1)NC(=O)OC(C)(C)C)C(C)C. The molecule has 1 aromatic rings. The molecule has 5 amide bonds. The molecule has 0 aromatic heterocycles. The summed E-state index contributed by atoms with van der Waals surface area (Å²) in [6.45, 7) is 9.50. The van der Waals surface area contributed by atoms with E-state index < -0.39 is 41.7 Å². The van der Waals surface area contributed by atoms with Crippen LogP contribution in [0.5, 0.6) is 0 Å². The van der Waals surface area contributed by atoms with E-state index in [1.807, 2.05) is 18.2 Å². The van der Waals surface area contributed by atoms with E-state index in [-0.39, 0.29) is 24.3 Å². The fourth-order valence-corrected chi connectivity index (χ4v) is 4.45. The van der Waals surface area contributed by atoms with Crippen molar-refractivity contribution >= 4 is 35.6 Å². The van der Waals surface area contributed by atoms with E-state index in [4.69, 9.17) is 9.47 Å². The number of anilines is 1. The molecule has 1 aliphatic heterocycles. The Morgan fingerprint density at radius 1 is 1.02 bits per heavy atom. The molecule has 1 fully saturated rings. The third-order valence-corrected chi connectivity index (χ3v) is 6.48. The Kier molecular flexibility index (Phi) is 12.9. The minimum atomic E-state index is -0.980. The Morgan fingerprint density at radius 2 is 1.71 bits per heavy atom. The van der Waals surface area contributed by atoms with Crippen LogP contribution in [0, 0.1) is 5.92 Å². The molecule has 0 unspecified atom stereocenters. The van der Waals surface area contributed by atoms with E-state index in [1.165, 1.54) is 12.0 Å². The molecular weight excluding hydrogens is 530 g/mol. The molecule has 0 aliphatic carbocycles. The minimum absolute atomic E-state index is 0.251. The van der Waals surface area contributed by atoms with E-state index in [0.29, 0.717) is 44.5 Å². The maximum atomic E-state index is 13.4. The highest BCUT2D eigenvalue weighted by atomic mass is 16.6. The number of nitrogens with zero attached hydrogens (tertiary/aromatic N) is 1. The maximum absolute atomic E-state index is 13.4. The molecule has 1 aliphatic rings. The summed E-state index contributed by atoms with van der Waals surface area (Å²) in [6, 6.07) is 6.13. The molecule has 4 N–H and O–H groups in total. The maximum Gasteiger partial charge on any atom is 0.408 e. The predicted octanol–water partition coefficient (Wildman–Crippen LogP) is 3.18. The van der Waals surface area contributed by atoms with Gasteiger partial charge in [-0.1, -0.05) is 32.0 Å². The van der Waals surface area contributed by atoms with Gasteiger partial charge in [0.15, 0.2) is 0 Å².